The Morgan fingerprint density at radius 1 is 1.53 bits per heavy atom. The van der Waals surface area contributed by atoms with E-state index >= 15 is 0 Å². The van der Waals surface area contributed by atoms with E-state index in [2.05, 4.69) is 5.32 Å². The lowest BCUT2D eigenvalue weighted by Crippen LogP contribution is -2.44. The van der Waals surface area contributed by atoms with Gasteiger partial charge < -0.3 is 16.0 Å². The minimum absolute atomic E-state index is 0.0414. The third-order valence-electron chi connectivity index (χ3n) is 2.64. The normalized spacial score (nSPS) is 16.7. The number of nitrogens with zero attached hydrogens (tertiary/aromatic N) is 1. The third kappa shape index (κ3) is 2.26. The number of hydrogen-bond acceptors (Lipinski definition) is 3. The average molecular weight is 229 g/mol. The van der Waals surface area contributed by atoms with Crippen molar-refractivity contribution < 1.29 is 9.59 Å². The lowest BCUT2D eigenvalue weighted by atomic mass is 10.1. The van der Waals surface area contributed by atoms with Crippen molar-refractivity contribution in [3.8, 4) is 0 Å². The summed E-state index contributed by atoms with van der Waals surface area (Å²) in [7, 11) is 3.11. The van der Waals surface area contributed by atoms with E-state index in [0.29, 0.717) is 12.8 Å². The molecule has 2 amide bonds. The summed E-state index contributed by atoms with van der Waals surface area (Å²) in [6.07, 6.45) is 1.39. The van der Waals surface area contributed by atoms with Gasteiger partial charge in [0.1, 0.15) is 0 Å². The molecule has 0 aliphatic heterocycles. The van der Waals surface area contributed by atoms with Crippen LogP contribution in [0.2, 0.25) is 0 Å². The first-order valence-corrected chi connectivity index (χ1v) is 5.11. The van der Waals surface area contributed by atoms with E-state index in [1.54, 1.807) is 7.05 Å². The third-order valence-corrected chi connectivity index (χ3v) is 3.03. The van der Waals surface area contributed by atoms with Gasteiger partial charge in [-0.15, -0.1) is 0 Å². The molecule has 1 aliphatic carbocycles. The molecule has 15 heavy (non-hydrogen) atoms. The van der Waals surface area contributed by atoms with E-state index in [1.807, 2.05) is 0 Å². The fourth-order valence-corrected chi connectivity index (χ4v) is 1.71. The van der Waals surface area contributed by atoms with Crippen LogP contribution in [0.15, 0.2) is 0 Å². The van der Waals surface area contributed by atoms with E-state index < -0.39 is 5.41 Å². The molecule has 1 rings (SSSR count). The zero-order valence-electron chi connectivity index (χ0n) is 8.87. The van der Waals surface area contributed by atoms with Crippen LogP contribution in [-0.2, 0) is 9.59 Å². The number of thiocarbonyl (C=S) groups is 1. The highest BCUT2D eigenvalue weighted by Crippen LogP contribution is 2.47. The number of carbonyl (C=O) groups excluding carboxylic acids is 2. The summed E-state index contributed by atoms with van der Waals surface area (Å²) in [6, 6.07) is 0. The minimum Gasteiger partial charge on any atom is -0.392 e. The molecule has 84 valence electrons. The summed E-state index contributed by atoms with van der Waals surface area (Å²) in [5.74, 6) is -0.358. The number of rotatable bonds is 4. The molecule has 0 bridgehead atoms. The molecule has 0 aromatic heterocycles. The quantitative estimate of drug-likeness (QED) is 0.622. The predicted molar refractivity (Wildman–Crippen MR) is 60.2 cm³/mol. The number of nitrogens with two attached hydrogens (primary N) is 1. The van der Waals surface area contributed by atoms with Crippen LogP contribution in [0.5, 0.6) is 0 Å². The molecule has 0 aromatic carbocycles. The van der Waals surface area contributed by atoms with Gasteiger partial charge in [0.05, 0.1) is 16.9 Å². The van der Waals surface area contributed by atoms with Crippen molar-refractivity contribution in [2.45, 2.75) is 12.8 Å². The summed E-state index contributed by atoms with van der Waals surface area (Å²) in [4.78, 5) is 24.6. The number of carbonyl (C=O) groups is 2. The smallest absolute Gasteiger partial charge is 0.239 e. The monoisotopic (exact) mass is 229 g/mol. The van der Waals surface area contributed by atoms with Gasteiger partial charge in [-0.1, -0.05) is 12.2 Å². The summed E-state index contributed by atoms with van der Waals surface area (Å²) in [5, 5.41) is 2.45. The molecule has 5 nitrogen and oxygen atoms in total. The van der Waals surface area contributed by atoms with E-state index in [1.165, 1.54) is 11.9 Å². The molecule has 6 heteroatoms. The van der Waals surface area contributed by atoms with Crippen LogP contribution in [-0.4, -0.2) is 42.3 Å². The second kappa shape index (κ2) is 4.14. The highest BCUT2D eigenvalue weighted by Gasteiger charge is 2.54. The van der Waals surface area contributed by atoms with Crippen molar-refractivity contribution >= 4 is 29.0 Å². The first kappa shape index (κ1) is 11.9. The molecule has 0 radical (unpaired) electrons. The van der Waals surface area contributed by atoms with Gasteiger partial charge in [0.25, 0.3) is 0 Å². The Hall–Kier alpha value is -1.17. The SMILES string of the molecule is CNC(=O)CN(C)C(=O)C1(C(N)=S)CC1. The molecule has 1 fully saturated rings. The molecule has 0 saturated heterocycles. The van der Waals surface area contributed by atoms with E-state index in [-0.39, 0.29) is 23.3 Å². The molecule has 0 heterocycles. The molecule has 0 aromatic rings. The Balaban J connectivity index is 2.61. The van der Waals surface area contributed by atoms with Crippen LogP contribution in [0.1, 0.15) is 12.8 Å². The van der Waals surface area contributed by atoms with Crippen molar-refractivity contribution in [1.29, 1.82) is 0 Å². The van der Waals surface area contributed by atoms with Gasteiger partial charge in [0.15, 0.2) is 0 Å². The second-order valence-electron chi connectivity index (χ2n) is 3.78. The Morgan fingerprint density at radius 3 is 2.40 bits per heavy atom. The van der Waals surface area contributed by atoms with Gasteiger partial charge in [0.2, 0.25) is 11.8 Å². The molecule has 0 spiro atoms. The van der Waals surface area contributed by atoms with Crippen LogP contribution < -0.4 is 11.1 Å². The molecular formula is C9H15N3O2S. The average Bonchev–Trinajstić information content (AvgIpc) is 2.97. The standard InChI is InChI=1S/C9H15N3O2S/c1-11-6(13)5-12(2)8(14)9(3-4-9)7(10)15/h3-5H2,1-2H3,(H2,10,15)(H,11,13). The Labute approximate surface area is 94.0 Å². The zero-order chi connectivity index (χ0) is 11.6. The maximum absolute atomic E-state index is 11.9. The molecule has 1 aliphatic rings. The van der Waals surface area contributed by atoms with Crippen molar-refractivity contribution in [2.75, 3.05) is 20.6 Å². The second-order valence-corrected chi connectivity index (χ2v) is 4.22. The fourth-order valence-electron chi connectivity index (χ4n) is 1.42. The number of likely N-dealkylation sites (N-methyl/N-ethyl adjacent to an activating group) is 2. The Morgan fingerprint density at radius 2 is 2.07 bits per heavy atom. The predicted octanol–water partition coefficient (Wildman–Crippen LogP) is -0.743. The lowest BCUT2D eigenvalue weighted by molar-refractivity contribution is -0.137. The fraction of sp³-hybridized carbons (Fsp3) is 0.667. The summed E-state index contributed by atoms with van der Waals surface area (Å²) in [6.45, 7) is 0.0414. The minimum atomic E-state index is -0.669. The van der Waals surface area contributed by atoms with E-state index in [9.17, 15) is 9.59 Å². The molecule has 1 saturated carbocycles. The molecule has 0 atom stereocenters. The van der Waals surface area contributed by atoms with Crippen LogP contribution in [0.25, 0.3) is 0 Å². The highest BCUT2D eigenvalue weighted by molar-refractivity contribution is 7.80. The first-order chi connectivity index (χ1) is 6.94. The number of amides is 2. The van der Waals surface area contributed by atoms with Crippen molar-refractivity contribution in [3.63, 3.8) is 0 Å². The summed E-state index contributed by atoms with van der Waals surface area (Å²) in [5.41, 5.74) is 4.85. The number of hydrogen-bond donors (Lipinski definition) is 2. The summed E-state index contributed by atoms with van der Waals surface area (Å²) >= 11 is 4.86. The molecular weight excluding hydrogens is 214 g/mol. The van der Waals surface area contributed by atoms with Crippen LogP contribution in [0.4, 0.5) is 0 Å². The van der Waals surface area contributed by atoms with Crippen molar-refractivity contribution in [1.82, 2.24) is 10.2 Å². The van der Waals surface area contributed by atoms with Crippen molar-refractivity contribution in [2.24, 2.45) is 11.1 Å². The van der Waals surface area contributed by atoms with Crippen LogP contribution in [0, 0.1) is 5.41 Å². The van der Waals surface area contributed by atoms with Crippen molar-refractivity contribution in [3.05, 3.63) is 0 Å². The maximum atomic E-state index is 11.9. The zero-order valence-corrected chi connectivity index (χ0v) is 9.69. The van der Waals surface area contributed by atoms with Crippen LogP contribution in [0.3, 0.4) is 0 Å². The van der Waals surface area contributed by atoms with Gasteiger partial charge >= 0.3 is 0 Å². The van der Waals surface area contributed by atoms with Gasteiger partial charge in [-0.3, -0.25) is 9.59 Å². The Kier molecular flexibility index (Phi) is 3.28. The van der Waals surface area contributed by atoms with Gasteiger partial charge in [-0.25, -0.2) is 0 Å². The van der Waals surface area contributed by atoms with Gasteiger partial charge in [0, 0.05) is 14.1 Å². The lowest BCUT2D eigenvalue weighted by Gasteiger charge is -2.21. The first-order valence-electron chi connectivity index (χ1n) is 4.70. The number of nitrogens with one attached hydrogen (secondary N) is 1. The molecule has 0 unspecified atom stereocenters. The van der Waals surface area contributed by atoms with E-state index in [4.69, 9.17) is 18.0 Å². The Bertz CT molecular complexity index is 312. The van der Waals surface area contributed by atoms with E-state index in [0.717, 1.165) is 0 Å². The van der Waals surface area contributed by atoms with Crippen LogP contribution >= 0.6 is 12.2 Å². The largest absolute Gasteiger partial charge is 0.392 e. The highest BCUT2D eigenvalue weighted by atomic mass is 32.1. The molecule has 3 N–H and O–H groups in total. The topological polar surface area (TPSA) is 75.4 Å². The maximum Gasteiger partial charge on any atom is 0.239 e. The van der Waals surface area contributed by atoms with Gasteiger partial charge in [-0.2, -0.15) is 0 Å². The summed E-state index contributed by atoms with van der Waals surface area (Å²) < 4.78 is 0. The van der Waals surface area contributed by atoms with Gasteiger partial charge in [-0.05, 0) is 12.8 Å².